The molecule has 7 nitrogen and oxygen atoms in total. The molecule has 7 heteroatoms. The molecule has 39 heavy (non-hydrogen) atoms. The van der Waals surface area contributed by atoms with E-state index in [0.717, 1.165) is 57.3 Å². The highest BCUT2D eigenvalue weighted by molar-refractivity contribution is 5.87. The molecule has 2 heterocycles. The van der Waals surface area contributed by atoms with Crippen molar-refractivity contribution in [2.45, 2.75) is 27.4 Å². The zero-order valence-electron chi connectivity index (χ0n) is 21.0. The van der Waals surface area contributed by atoms with E-state index in [2.05, 4.69) is 128 Å². The number of hydrogen-bond donors (Lipinski definition) is 2. The Balaban J connectivity index is 0.00000308. The van der Waals surface area contributed by atoms with Gasteiger partial charge in [0.15, 0.2) is 5.82 Å². The summed E-state index contributed by atoms with van der Waals surface area (Å²) in [7, 11) is 0. The van der Waals surface area contributed by atoms with Gasteiger partial charge in [-0.1, -0.05) is 110 Å². The van der Waals surface area contributed by atoms with Crippen LogP contribution in [0.2, 0.25) is 0 Å². The fraction of sp³-hybridized carbons (Fsp3) is 0.125. The van der Waals surface area contributed by atoms with Gasteiger partial charge in [-0.3, -0.25) is 0 Å². The number of nitrogens with one attached hydrogen (secondary N) is 2. The van der Waals surface area contributed by atoms with Crippen LogP contribution in [-0.4, -0.2) is 30.2 Å². The molecule has 0 saturated heterocycles. The second-order valence-corrected chi connectivity index (χ2v) is 8.92. The van der Waals surface area contributed by atoms with Crippen LogP contribution in [0.1, 0.15) is 20.2 Å². The van der Waals surface area contributed by atoms with Gasteiger partial charge < -0.3 is 9.88 Å². The summed E-state index contributed by atoms with van der Waals surface area (Å²) in [6, 6.07) is 37.8. The first-order chi connectivity index (χ1) is 18.8. The average molecular weight is 514 g/mol. The second-order valence-electron chi connectivity index (χ2n) is 8.92. The number of benzene rings is 4. The van der Waals surface area contributed by atoms with Gasteiger partial charge in [-0.2, -0.15) is 5.21 Å². The van der Waals surface area contributed by atoms with Crippen molar-refractivity contribution in [3.05, 3.63) is 115 Å². The Kier molecular flexibility index (Phi) is 7.59. The molecule has 0 amide bonds. The minimum Gasteiger partial charge on any atom is -0.378 e. The number of H-pyrrole nitrogens is 1. The molecule has 6 aromatic rings. The smallest absolute Gasteiger partial charge is 0.193 e. The van der Waals surface area contributed by atoms with Crippen molar-refractivity contribution < 1.29 is 0 Å². The van der Waals surface area contributed by atoms with Crippen LogP contribution in [0.25, 0.3) is 45.0 Å². The number of rotatable bonds is 8. The molecule has 194 valence electrons. The Morgan fingerprint density at radius 2 is 1.41 bits per heavy atom. The molecule has 0 aliphatic rings. The van der Waals surface area contributed by atoms with Gasteiger partial charge in [0.2, 0.25) is 0 Å². The van der Waals surface area contributed by atoms with Crippen molar-refractivity contribution in [1.82, 2.24) is 30.2 Å². The Hall–Kier alpha value is -5.04. The molecule has 2 aromatic heterocycles. The monoisotopic (exact) mass is 513 g/mol. The van der Waals surface area contributed by atoms with Gasteiger partial charge in [-0.25, -0.2) is 4.98 Å². The molecular weight excluding hydrogens is 482 g/mol. The maximum atomic E-state index is 5.30. The number of anilines is 1. The fourth-order valence-corrected chi connectivity index (χ4v) is 4.82. The van der Waals surface area contributed by atoms with Crippen LogP contribution in [0, 0.1) is 0 Å². The van der Waals surface area contributed by atoms with Crippen LogP contribution in [0.4, 0.5) is 5.69 Å². The average Bonchev–Trinajstić information content (AvgIpc) is 3.65. The van der Waals surface area contributed by atoms with Crippen molar-refractivity contribution in [3.8, 4) is 45.0 Å². The first-order valence-corrected chi connectivity index (χ1v) is 12.7. The van der Waals surface area contributed by atoms with Gasteiger partial charge in [-0.15, -0.1) is 10.2 Å². The van der Waals surface area contributed by atoms with Gasteiger partial charge in [0.1, 0.15) is 5.82 Å². The van der Waals surface area contributed by atoms with Gasteiger partial charge in [0.05, 0.1) is 17.9 Å². The molecule has 0 aliphatic heterocycles. The van der Waals surface area contributed by atoms with Crippen molar-refractivity contribution in [2.24, 2.45) is 0 Å². The summed E-state index contributed by atoms with van der Waals surface area (Å²) in [6.45, 7) is 3.46. The third kappa shape index (κ3) is 5.20. The quantitative estimate of drug-likeness (QED) is 0.223. The number of nitrogens with zero attached hydrogens (tertiary/aromatic N) is 5. The van der Waals surface area contributed by atoms with Crippen molar-refractivity contribution in [1.29, 1.82) is 0 Å². The number of aromatic amines is 1. The summed E-state index contributed by atoms with van der Waals surface area (Å²) >= 11 is 0. The van der Waals surface area contributed by atoms with Gasteiger partial charge >= 0.3 is 0 Å². The minimum absolute atomic E-state index is 0. The summed E-state index contributed by atoms with van der Waals surface area (Å²) in [4.78, 5) is 5.30. The van der Waals surface area contributed by atoms with Crippen molar-refractivity contribution >= 4 is 5.69 Å². The zero-order valence-corrected chi connectivity index (χ0v) is 21.0. The van der Waals surface area contributed by atoms with Gasteiger partial charge in [0.25, 0.3) is 0 Å². The van der Waals surface area contributed by atoms with Crippen LogP contribution >= 0.6 is 0 Å². The maximum Gasteiger partial charge on any atom is 0.193 e. The maximum absolute atomic E-state index is 5.30. The van der Waals surface area contributed by atoms with E-state index in [4.69, 9.17) is 4.98 Å². The lowest BCUT2D eigenvalue weighted by Crippen LogP contribution is -2.02. The SMILES string of the molecule is C.CCn1c(-c2ccccc2-c2cccc(NCc3nn[nH]n3)c2)nc(-c2ccccc2)c1-c1ccccc1. The lowest BCUT2D eigenvalue weighted by molar-refractivity contribution is 0.778. The van der Waals surface area contributed by atoms with E-state index < -0.39 is 0 Å². The van der Waals surface area contributed by atoms with E-state index in [1.165, 1.54) is 0 Å². The molecule has 0 spiro atoms. The number of hydrogen-bond acceptors (Lipinski definition) is 5. The standard InChI is InChI=1S/C31H27N7.CH4/c1-2-38-30(23-14-7-4-8-15-23)29(22-12-5-3-6-13-22)33-31(38)27-19-10-9-18-26(27)24-16-11-17-25(20-24)32-21-28-34-36-37-35-28;/h3-20,32H,2,21H2,1H3,(H,34,35,36,37);1H4. The molecule has 4 aromatic carbocycles. The molecule has 0 radical (unpaired) electrons. The van der Waals surface area contributed by atoms with E-state index in [0.29, 0.717) is 12.4 Å². The molecular formula is C32H31N7. The predicted octanol–water partition coefficient (Wildman–Crippen LogP) is 7.33. The predicted molar refractivity (Wildman–Crippen MR) is 158 cm³/mol. The molecule has 0 bridgehead atoms. The van der Waals surface area contributed by atoms with Crippen LogP contribution < -0.4 is 5.32 Å². The Morgan fingerprint density at radius 1 is 0.744 bits per heavy atom. The van der Waals surface area contributed by atoms with Gasteiger partial charge in [-0.05, 0) is 30.2 Å². The summed E-state index contributed by atoms with van der Waals surface area (Å²) < 4.78 is 2.33. The number of imidazole rings is 1. The molecule has 0 saturated carbocycles. The van der Waals surface area contributed by atoms with Crippen molar-refractivity contribution in [2.75, 3.05) is 5.32 Å². The summed E-state index contributed by atoms with van der Waals surface area (Å²) in [5.41, 5.74) is 8.65. The summed E-state index contributed by atoms with van der Waals surface area (Å²) in [5, 5.41) is 17.6. The first kappa shape index (κ1) is 25.6. The zero-order chi connectivity index (χ0) is 25.7. The Bertz CT molecular complexity index is 1640. The normalized spacial score (nSPS) is 10.7. The van der Waals surface area contributed by atoms with E-state index in [1.807, 2.05) is 18.2 Å². The number of aromatic nitrogens is 6. The highest BCUT2D eigenvalue weighted by atomic mass is 15.5. The molecule has 0 unspecified atom stereocenters. The molecule has 6 rings (SSSR count). The molecule has 2 N–H and O–H groups in total. The van der Waals surface area contributed by atoms with Crippen LogP contribution in [-0.2, 0) is 13.1 Å². The highest BCUT2D eigenvalue weighted by Crippen LogP contribution is 2.39. The Morgan fingerprint density at radius 3 is 2.10 bits per heavy atom. The van der Waals surface area contributed by atoms with E-state index in [1.54, 1.807) is 0 Å². The topological polar surface area (TPSA) is 84.3 Å². The second kappa shape index (κ2) is 11.6. The molecule has 0 fully saturated rings. The van der Waals surface area contributed by atoms with Crippen LogP contribution in [0.15, 0.2) is 109 Å². The summed E-state index contributed by atoms with van der Waals surface area (Å²) in [6.07, 6.45) is 0. The number of tetrazole rings is 1. The van der Waals surface area contributed by atoms with Crippen LogP contribution in [0.3, 0.4) is 0 Å². The molecule has 0 aliphatic carbocycles. The van der Waals surface area contributed by atoms with Crippen molar-refractivity contribution in [3.63, 3.8) is 0 Å². The van der Waals surface area contributed by atoms with Crippen LogP contribution in [0.5, 0.6) is 0 Å². The van der Waals surface area contributed by atoms with E-state index in [9.17, 15) is 0 Å². The minimum atomic E-state index is 0. The molecule has 0 atom stereocenters. The van der Waals surface area contributed by atoms with Gasteiger partial charge in [0, 0.05) is 28.9 Å². The third-order valence-electron chi connectivity index (χ3n) is 6.56. The Labute approximate surface area is 228 Å². The van der Waals surface area contributed by atoms with E-state index in [-0.39, 0.29) is 7.43 Å². The summed E-state index contributed by atoms with van der Waals surface area (Å²) in [5.74, 6) is 1.56. The third-order valence-corrected chi connectivity index (χ3v) is 6.56. The first-order valence-electron chi connectivity index (χ1n) is 12.7. The fourth-order valence-electron chi connectivity index (χ4n) is 4.82. The lowest BCUT2D eigenvalue weighted by Gasteiger charge is -2.14. The van der Waals surface area contributed by atoms with E-state index >= 15 is 0 Å². The lowest BCUT2D eigenvalue weighted by atomic mass is 9.98. The highest BCUT2D eigenvalue weighted by Gasteiger charge is 2.22. The largest absolute Gasteiger partial charge is 0.378 e.